The zero-order chi connectivity index (χ0) is 32.4. The number of aryl methyl sites for hydroxylation is 1. The molecule has 4 heteroatoms. The Balaban J connectivity index is 1.30. The highest BCUT2D eigenvalue weighted by atomic mass is 15.0. The molecule has 0 aliphatic heterocycles. The number of rotatable bonds is 5. The Bertz CT molecular complexity index is 2450. The third-order valence-corrected chi connectivity index (χ3v) is 10.0. The lowest BCUT2D eigenvalue weighted by molar-refractivity contribution is 0.661. The number of nitrogens with zero attached hydrogens (tertiary/aromatic N) is 4. The van der Waals surface area contributed by atoms with Gasteiger partial charge >= 0.3 is 0 Å². The van der Waals surface area contributed by atoms with Crippen LogP contribution in [0.15, 0.2) is 140 Å². The van der Waals surface area contributed by atoms with E-state index in [1.54, 1.807) is 0 Å². The van der Waals surface area contributed by atoms with E-state index in [4.69, 9.17) is 15.0 Å². The summed E-state index contributed by atoms with van der Waals surface area (Å²) < 4.78 is 2.46. The second-order valence-electron chi connectivity index (χ2n) is 13.2. The van der Waals surface area contributed by atoms with Crippen LogP contribution in [0.1, 0.15) is 37.5 Å². The average Bonchev–Trinajstić information content (AvgIpc) is 3.59. The van der Waals surface area contributed by atoms with Crippen LogP contribution in [0.2, 0.25) is 0 Å². The summed E-state index contributed by atoms with van der Waals surface area (Å²) in [5.41, 5.74) is 13.0. The summed E-state index contributed by atoms with van der Waals surface area (Å²) in [6.07, 6.45) is 0.896. The van der Waals surface area contributed by atoms with Gasteiger partial charge in [0.2, 0.25) is 0 Å². The molecular formula is C44H34N4. The SMILES string of the molecule is CCc1ccc(-c2nc(-c3ccccc3)nc(-c3ccccc3)n2)cc1-n1c2ccccc2c2cc3c(cc21)C(C)(C)c1ccccc1-3. The monoisotopic (exact) mass is 618 g/mol. The first-order valence-electron chi connectivity index (χ1n) is 16.7. The number of hydrogen-bond donors (Lipinski definition) is 0. The van der Waals surface area contributed by atoms with Crippen LogP contribution in [0, 0.1) is 0 Å². The van der Waals surface area contributed by atoms with Crippen molar-refractivity contribution in [3.63, 3.8) is 0 Å². The van der Waals surface area contributed by atoms with Crippen molar-refractivity contribution in [3.05, 3.63) is 156 Å². The second kappa shape index (κ2) is 10.9. The standard InChI is InChI=1S/C44H34N4/c1-4-28-23-24-31(43-46-41(29-15-7-5-8-16-29)45-42(47-43)30-17-9-6-10-18-30)25-39(28)48-38-22-14-12-20-33(38)35-26-34-32-19-11-13-21-36(32)44(2,3)37(34)27-40(35)48/h5-27H,4H2,1-3H3. The van der Waals surface area contributed by atoms with Crippen molar-refractivity contribution in [3.8, 4) is 51.0 Å². The topological polar surface area (TPSA) is 43.6 Å². The van der Waals surface area contributed by atoms with Gasteiger partial charge in [-0.1, -0.05) is 136 Å². The molecule has 48 heavy (non-hydrogen) atoms. The maximum absolute atomic E-state index is 5.06. The number of aromatic nitrogens is 4. The Hall–Kier alpha value is -5.87. The Morgan fingerprint density at radius 3 is 1.79 bits per heavy atom. The summed E-state index contributed by atoms with van der Waals surface area (Å²) in [4.78, 5) is 15.0. The van der Waals surface area contributed by atoms with Crippen molar-refractivity contribution in [2.24, 2.45) is 0 Å². The minimum Gasteiger partial charge on any atom is -0.309 e. The van der Waals surface area contributed by atoms with Crippen LogP contribution in [-0.2, 0) is 11.8 Å². The predicted molar refractivity (Wildman–Crippen MR) is 197 cm³/mol. The number of para-hydroxylation sites is 1. The number of benzene rings is 6. The third kappa shape index (κ3) is 4.33. The molecule has 8 aromatic rings. The van der Waals surface area contributed by atoms with Crippen LogP contribution < -0.4 is 0 Å². The molecule has 0 atom stereocenters. The molecule has 0 saturated heterocycles. The van der Waals surface area contributed by atoms with Crippen molar-refractivity contribution in [1.82, 2.24) is 19.5 Å². The molecule has 0 N–H and O–H groups in total. The van der Waals surface area contributed by atoms with Gasteiger partial charge in [-0.15, -0.1) is 0 Å². The highest BCUT2D eigenvalue weighted by Gasteiger charge is 2.36. The number of hydrogen-bond acceptors (Lipinski definition) is 3. The summed E-state index contributed by atoms with van der Waals surface area (Å²) >= 11 is 0. The average molecular weight is 619 g/mol. The lowest BCUT2D eigenvalue weighted by Crippen LogP contribution is -2.15. The van der Waals surface area contributed by atoms with E-state index in [9.17, 15) is 0 Å². The van der Waals surface area contributed by atoms with Gasteiger partial charge in [0.05, 0.1) is 16.7 Å². The molecule has 9 rings (SSSR count). The molecule has 0 unspecified atom stereocenters. The van der Waals surface area contributed by atoms with Crippen molar-refractivity contribution in [2.75, 3.05) is 0 Å². The van der Waals surface area contributed by atoms with Gasteiger partial charge in [-0.2, -0.15) is 0 Å². The minimum absolute atomic E-state index is 0.0939. The zero-order valence-electron chi connectivity index (χ0n) is 27.3. The normalized spacial score (nSPS) is 13.1. The van der Waals surface area contributed by atoms with E-state index >= 15 is 0 Å². The largest absolute Gasteiger partial charge is 0.309 e. The lowest BCUT2D eigenvalue weighted by atomic mass is 9.82. The molecule has 2 aromatic heterocycles. The van der Waals surface area contributed by atoms with E-state index in [2.05, 4.69) is 128 Å². The third-order valence-electron chi connectivity index (χ3n) is 10.0. The fourth-order valence-electron chi connectivity index (χ4n) is 7.57. The summed E-state index contributed by atoms with van der Waals surface area (Å²) in [6, 6.07) is 49.5. The van der Waals surface area contributed by atoms with E-state index in [1.165, 1.54) is 49.6 Å². The second-order valence-corrected chi connectivity index (χ2v) is 13.2. The quantitative estimate of drug-likeness (QED) is 0.193. The Kier molecular flexibility index (Phi) is 6.41. The zero-order valence-corrected chi connectivity index (χ0v) is 27.3. The van der Waals surface area contributed by atoms with Gasteiger partial charge < -0.3 is 4.57 Å². The Morgan fingerprint density at radius 2 is 1.10 bits per heavy atom. The van der Waals surface area contributed by atoms with Crippen LogP contribution in [-0.4, -0.2) is 19.5 Å². The molecular weight excluding hydrogens is 585 g/mol. The molecule has 1 aliphatic rings. The van der Waals surface area contributed by atoms with Gasteiger partial charge in [-0.05, 0) is 58.5 Å². The van der Waals surface area contributed by atoms with E-state index in [0.717, 1.165) is 28.8 Å². The molecule has 1 aliphatic carbocycles. The molecule has 0 saturated carbocycles. The van der Waals surface area contributed by atoms with Crippen LogP contribution in [0.5, 0.6) is 0 Å². The molecule has 0 bridgehead atoms. The van der Waals surface area contributed by atoms with Gasteiger partial charge in [0.25, 0.3) is 0 Å². The van der Waals surface area contributed by atoms with Crippen molar-refractivity contribution >= 4 is 21.8 Å². The first-order chi connectivity index (χ1) is 23.5. The summed E-state index contributed by atoms with van der Waals surface area (Å²) in [5.74, 6) is 1.98. The van der Waals surface area contributed by atoms with Crippen molar-refractivity contribution in [2.45, 2.75) is 32.6 Å². The van der Waals surface area contributed by atoms with E-state index < -0.39 is 0 Å². The lowest BCUT2D eigenvalue weighted by Gasteiger charge is -2.22. The summed E-state index contributed by atoms with van der Waals surface area (Å²) in [7, 11) is 0. The molecule has 230 valence electrons. The van der Waals surface area contributed by atoms with E-state index in [-0.39, 0.29) is 5.41 Å². The maximum Gasteiger partial charge on any atom is 0.164 e. The van der Waals surface area contributed by atoms with E-state index in [1.807, 2.05) is 36.4 Å². The fourth-order valence-corrected chi connectivity index (χ4v) is 7.57. The summed E-state index contributed by atoms with van der Waals surface area (Å²) in [5, 5.41) is 2.52. The molecule has 0 amide bonds. The van der Waals surface area contributed by atoms with Crippen LogP contribution in [0.4, 0.5) is 0 Å². The molecule has 2 heterocycles. The molecule has 4 nitrogen and oxygen atoms in total. The van der Waals surface area contributed by atoms with Gasteiger partial charge in [0.1, 0.15) is 0 Å². The highest BCUT2D eigenvalue weighted by molar-refractivity contribution is 6.11. The first-order valence-corrected chi connectivity index (χ1v) is 16.7. The molecule has 6 aromatic carbocycles. The van der Waals surface area contributed by atoms with E-state index in [0.29, 0.717) is 17.5 Å². The molecule has 0 spiro atoms. The van der Waals surface area contributed by atoms with Crippen LogP contribution >= 0.6 is 0 Å². The summed E-state index contributed by atoms with van der Waals surface area (Å²) in [6.45, 7) is 6.93. The predicted octanol–water partition coefficient (Wildman–Crippen LogP) is 10.8. The van der Waals surface area contributed by atoms with Gasteiger partial charge in [-0.25, -0.2) is 15.0 Å². The maximum atomic E-state index is 5.06. The van der Waals surface area contributed by atoms with Gasteiger partial charge in [0.15, 0.2) is 17.5 Å². The van der Waals surface area contributed by atoms with Crippen LogP contribution in [0.25, 0.3) is 72.8 Å². The smallest absolute Gasteiger partial charge is 0.164 e. The number of fused-ring (bicyclic) bond motifs is 6. The Morgan fingerprint density at radius 1 is 0.500 bits per heavy atom. The van der Waals surface area contributed by atoms with Crippen LogP contribution in [0.3, 0.4) is 0 Å². The molecule has 0 radical (unpaired) electrons. The first kappa shape index (κ1) is 28.4. The minimum atomic E-state index is -0.0939. The molecule has 0 fully saturated rings. The highest BCUT2D eigenvalue weighted by Crippen LogP contribution is 2.51. The van der Waals surface area contributed by atoms with Crippen molar-refractivity contribution < 1.29 is 0 Å². The van der Waals surface area contributed by atoms with Crippen molar-refractivity contribution in [1.29, 1.82) is 0 Å². The van der Waals surface area contributed by atoms with Gasteiger partial charge in [0, 0.05) is 32.9 Å². The Labute approximate surface area is 280 Å². The fraction of sp³-hybridized carbons (Fsp3) is 0.114. The van der Waals surface area contributed by atoms with Gasteiger partial charge in [-0.3, -0.25) is 0 Å².